The number of pyridine rings is 1. The summed E-state index contributed by atoms with van der Waals surface area (Å²) < 4.78 is 6.07. The van der Waals surface area contributed by atoms with Crippen LogP contribution < -0.4 is 9.64 Å². The Morgan fingerprint density at radius 2 is 1.90 bits per heavy atom. The van der Waals surface area contributed by atoms with E-state index in [1.165, 1.54) is 5.56 Å². The Kier molecular flexibility index (Phi) is 6.85. The van der Waals surface area contributed by atoms with E-state index in [1.807, 2.05) is 25.2 Å². The maximum atomic E-state index is 6.30. The Labute approximate surface area is 194 Å². The molecule has 0 spiro atoms. The number of anilines is 1. The molecule has 1 fully saturated rings. The predicted octanol–water partition coefficient (Wildman–Crippen LogP) is 5.82. The van der Waals surface area contributed by atoms with Crippen LogP contribution in [0.4, 0.5) is 5.69 Å². The van der Waals surface area contributed by atoms with Crippen molar-refractivity contribution >= 4 is 34.7 Å². The maximum absolute atomic E-state index is 6.30. The standard InChI is InChI=1S/C24H28Cl2N4O/c1-16(17-7-10-20(11-8-17)31-24-6-4-5-22(26)28-24)30-21-12-9-19(25)13-18(21)14-29(3)15-23(30)27-2/h4-6,9,12-13,17,20H,1,7-8,10-11,14-15H2,2-3H3. The SMILES string of the molecule is C=C(C1CCC(Oc2cccc(Cl)n2)CC1)N1C(=NC)CN(C)Cc2cc(Cl)ccc21. The van der Waals surface area contributed by atoms with Crippen molar-refractivity contribution in [3.05, 3.63) is 64.4 Å². The second kappa shape index (κ2) is 9.60. The third-order valence-corrected chi connectivity index (χ3v) is 6.51. The van der Waals surface area contributed by atoms with Gasteiger partial charge in [0.1, 0.15) is 17.1 Å². The highest BCUT2D eigenvalue weighted by atomic mass is 35.5. The zero-order chi connectivity index (χ0) is 22.0. The molecule has 1 aliphatic heterocycles. The van der Waals surface area contributed by atoms with Gasteiger partial charge in [0.05, 0.1) is 12.2 Å². The van der Waals surface area contributed by atoms with Crippen LogP contribution in [0.15, 0.2) is 53.7 Å². The summed E-state index contributed by atoms with van der Waals surface area (Å²) in [6.07, 6.45) is 4.08. The average Bonchev–Trinajstić information content (AvgIpc) is 2.88. The Hall–Kier alpha value is -2.08. The lowest BCUT2D eigenvalue weighted by atomic mass is 9.84. The van der Waals surface area contributed by atoms with E-state index in [4.69, 9.17) is 27.9 Å². The first-order chi connectivity index (χ1) is 14.9. The van der Waals surface area contributed by atoms with Gasteiger partial charge in [0, 0.05) is 30.4 Å². The van der Waals surface area contributed by atoms with E-state index in [0.717, 1.165) is 61.0 Å². The van der Waals surface area contributed by atoms with E-state index in [1.54, 1.807) is 6.07 Å². The number of likely N-dealkylation sites (N-methyl/N-ethyl adjacent to an activating group) is 1. The minimum atomic E-state index is 0.149. The van der Waals surface area contributed by atoms with E-state index in [-0.39, 0.29) is 6.10 Å². The Balaban J connectivity index is 1.50. The van der Waals surface area contributed by atoms with Crippen molar-refractivity contribution in [3.63, 3.8) is 0 Å². The molecule has 2 aliphatic rings. The van der Waals surface area contributed by atoms with Gasteiger partial charge in [-0.15, -0.1) is 0 Å². The molecule has 164 valence electrons. The summed E-state index contributed by atoms with van der Waals surface area (Å²) in [6, 6.07) is 11.6. The summed E-state index contributed by atoms with van der Waals surface area (Å²) in [5.74, 6) is 1.97. The van der Waals surface area contributed by atoms with Crippen molar-refractivity contribution in [3.8, 4) is 5.88 Å². The van der Waals surface area contributed by atoms with Gasteiger partial charge in [-0.25, -0.2) is 4.98 Å². The number of nitrogens with zero attached hydrogens (tertiary/aromatic N) is 4. The van der Waals surface area contributed by atoms with E-state index in [2.05, 4.69) is 45.5 Å². The zero-order valence-corrected chi connectivity index (χ0v) is 19.5. The number of aliphatic imine (C=N–C) groups is 1. The fourth-order valence-corrected chi connectivity index (χ4v) is 4.86. The molecule has 0 atom stereocenters. The van der Waals surface area contributed by atoms with Crippen LogP contribution >= 0.6 is 23.2 Å². The fourth-order valence-electron chi connectivity index (χ4n) is 4.51. The van der Waals surface area contributed by atoms with Crippen molar-refractivity contribution in [1.29, 1.82) is 0 Å². The van der Waals surface area contributed by atoms with E-state index in [0.29, 0.717) is 17.0 Å². The number of aromatic nitrogens is 1. The highest BCUT2D eigenvalue weighted by Gasteiger charge is 2.31. The number of hydrogen-bond acceptors (Lipinski definition) is 4. The minimum absolute atomic E-state index is 0.149. The summed E-state index contributed by atoms with van der Waals surface area (Å²) in [5, 5.41) is 1.21. The number of benzene rings is 1. The van der Waals surface area contributed by atoms with Crippen molar-refractivity contribution in [2.24, 2.45) is 10.9 Å². The summed E-state index contributed by atoms with van der Waals surface area (Å²) in [6.45, 7) is 6.12. The van der Waals surface area contributed by atoms with Crippen LogP contribution in [0.25, 0.3) is 0 Å². The first-order valence-electron chi connectivity index (χ1n) is 10.7. The first-order valence-corrected chi connectivity index (χ1v) is 11.4. The molecule has 5 nitrogen and oxygen atoms in total. The van der Waals surface area contributed by atoms with Crippen LogP contribution in [0.2, 0.25) is 10.2 Å². The molecule has 4 rings (SSSR count). The van der Waals surface area contributed by atoms with Crippen molar-refractivity contribution in [1.82, 2.24) is 9.88 Å². The van der Waals surface area contributed by atoms with Gasteiger partial charge in [0.25, 0.3) is 0 Å². The molecule has 31 heavy (non-hydrogen) atoms. The van der Waals surface area contributed by atoms with Crippen molar-refractivity contribution in [2.75, 3.05) is 25.5 Å². The monoisotopic (exact) mass is 458 g/mol. The van der Waals surface area contributed by atoms with E-state index < -0.39 is 0 Å². The lowest BCUT2D eigenvalue weighted by Gasteiger charge is -2.36. The van der Waals surface area contributed by atoms with Crippen LogP contribution in [0.1, 0.15) is 31.2 Å². The van der Waals surface area contributed by atoms with Crippen LogP contribution in [0.5, 0.6) is 5.88 Å². The molecule has 7 heteroatoms. The predicted molar refractivity (Wildman–Crippen MR) is 128 cm³/mol. The largest absolute Gasteiger partial charge is 0.474 e. The number of halogens is 2. The molecule has 0 bridgehead atoms. The quantitative estimate of drug-likeness (QED) is 0.541. The number of allylic oxidation sites excluding steroid dienone is 1. The molecule has 0 amide bonds. The van der Waals surface area contributed by atoms with Gasteiger partial charge < -0.3 is 9.64 Å². The van der Waals surface area contributed by atoms with Gasteiger partial charge in [0.2, 0.25) is 5.88 Å². The molecule has 1 aromatic heterocycles. The molecule has 1 aromatic carbocycles. The lowest BCUT2D eigenvalue weighted by Crippen LogP contribution is -2.39. The highest BCUT2D eigenvalue weighted by Crippen LogP contribution is 2.38. The van der Waals surface area contributed by atoms with Gasteiger partial charge in [-0.05, 0) is 68.5 Å². The Morgan fingerprint density at radius 3 is 2.61 bits per heavy atom. The molecule has 2 aromatic rings. The Morgan fingerprint density at radius 1 is 1.13 bits per heavy atom. The maximum Gasteiger partial charge on any atom is 0.214 e. The molecule has 0 saturated heterocycles. The number of ether oxygens (including phenoxy) is 1. The number of hydrogen-bond donors (Lipinski definition) is 0. The van der Waals surface area contributed by atoms with Gasteiger partial charge in [-0.2, -0.15) is 0 Å². The summed E-state index contributed by atoms with van der Waals surface area (Å²) in [5.41, 5.74) is 3.42. The fraction of sp³-hybridized carbons (Fsp3) is 0.417. The first kappa shape index (κ1) is 22.1. The van der Waals surface area contributed by atoms with Crippen LogP contribution in [-0.2, 0) is 6.54 Å². The van der Waals surface area contributed by atoms with E-state index >= 15 is 0 Å². The van der Waals surface area contributed by atoms with Gasteiger partial charge in [0.15, 0.2) is 0 Å². The van der Waals surface area contributed by atoms with Crippen molar-refractivity contribution in [2.45, 2.75) is 38.3 Å². The molecular formula is C24H28Cl2N4O. The minimum Gasteiger partial charge on any atom is -0.474 e. The summed E-state index contributed by atoms with van der Waals surface area (Å²) in [7, 11) is 3.96. The van der Waals surface area contributed by atoms with Crippen LogP contribution in [0, 0.1) is 5.92 Å². The lowest BCUT2D eigenvalue weighted by molar-refractivity contribution is 0.133. The normalized spacial score (nSPS) is 23.4. The van der Waals surface area contributed by atoms with Gasteiger partial charge >= 0.3 is 0 Å². The average molecular weight is 459 g/mol. The molecule has 2 heterocycles. The molecule has 0 unspecified atom stereocenters. The molecular weight excluding hydrogens is 431 g/mol. The second-order valence-corrected chi connectivity index (χ2v) is 9.13. The molecule has 0 radical (unpaired) electrons. The number of amidine groups is 1. The van der Waals surface area contributed by atoms with Crippen molar-refractivity contribution < 1.29 is 4.74 Å². The topological polar surface area (TPSA) is 41.0 Å². The molecule has 1 aliphatic carbocycles. The Bertz CT molecular complexity index is 985. The highest BCUT2D eigenvalue weighted by molar-refractivity contribution is 6.30. The van der Waals surface area contributed by atoms with E-state index in [9.17, 15) is 0 Å². The smallest absolute Gasteiger partial charge is 0.214 e. The number of rotatable bonds is 4. The molecule has 1 saturated carbocycles. The van der Waals surface area contributed by atoms with Gasteiger partial charge in [-0.3, -0.25) is 9.89 Å². The van der Waals surface area contributed by atoms with Crippen LogP contribution in [0.3, 0.4) is 0 Å². The third kappa shape index (κ3) is 5.05. The third-order valence-electron chi connectivity index (χ3n) is 6.06. The van der Waals surface area contributed by atoms with Crippen LogP contribution in [-0.4, -0.2) is 42.5 Å². The number of fused-ring (bicyclic) bond motifs is 1. The zero-order valence-electron chi connectivity index (χ0n) is 18.0. The van der Waals surface area contributed by atoms with Gasteiger partial charge in [-0.1, -0.05) is 35.8 Å². The second-order valence-electron chi connectivity index (χ2n) is 8.30. The summed E-state index contributed by atoms with van der Waals surface area (Å²) >= 11 is 12.3. The molecule has 0 N–H and O–H groups in total. The summed E-state index contributed by atoms with van der Waals surface area (Å²) in [4.78, 5) is 13.4.